The minimum absolute atomic E-state index is 0.130. The lowest BCUT2D eigenvalue weighted by atomic mass is 9.40. The summed E-state index contributed by atoms with van der Waals surface area (Å²) < 4.78 is 0. The molecule has 6 rings (SSSR count). The Kier molecular flexibility index (Phi) is 3.28. The van der Waals surface area contributed by atoms with Crippen LogP contribution in [0.5, 0.6) is 0 Å². The van der Waals surface area contributed by atoms with Gasteiger partial charge in [-0.25, -0.2) is 0 Å². The fourth-order valence-corrected chi connectivity index (χ4v) is 9.22. The van der Waals surface area contributed by atoms with Crippen molar-refractivity contribution in [1.29, 1.82) is 0 Å². The molecule has 4 aliphatic carbocycles. The van der Waals surface area contributed by atoms with Gasteiger partial charge in [0.1, 0.15) is 0 Å². The summed E-state index contributed by atoms with van der Waals surface area (Å²) in [7, 11) is 0. The van der Waals surface area contributed by atoms with Crippen LogP contribution in [0.15, 0.2) is 24.3 Å². The van der Waals surface area contributed by atoms with Crippen LogP contribution in [0.3, 0.4) is 0 Å². The van der Waals surface area contributed by atoms with E-state index < -0.39 is 11.4 Å². The van der Waals surface area contributed by atoms with Gasteiger partial charge in [-0.05, 0) is 80.8 Å². The van der Waals surface area contributed by atoms with E-state index in [1.54, 1.807) is 5.56 Å². The van der Waals surface area contributed by atoms with Crippen LogP contribution in [0.25, 0.3) is 10.9 Å². The zero-order valence-electron chi connectivity index (χ0n) is 18.0. The third-order valence-corrected chi connectivity index (χ3v) is 10.3. The van der Waals surface area contributed by atoms with Gasteiger partial charge in [0.2, 0.25) is 0 Å². The fourth-order valence-electron chi connectivity index (χ4n) is 9.22. The van der Waals surface area contributed by atoms with Gasteiger partial charge in [-0.3, -0.25) is 4.79 Å². The third-order valence-electron chi connectivity index (χ3n) is 10.3. The molecule has 0 radical (unpaired) electrons. The number of rotatable bonds is 1. The van der Waals surface area contributed by atoms with Gasteiger partial charge in [-0.15, -0.1) is 0 Å². The van der Waals surface area contributed by atoms with E-state index in [1.807, 2.05) is 6.92 Å². The second kappa shape index (κ2) is 5.28. The first-order valence-electron chi connectivity index (χ1n) is 11.6. The Morgan fingerprint density at radius 2 is 1.79 bits per heavy atom. The second-order valence-electron chi connectivity index (χ2n) is 11.6. The summed E-state index contributed by atoms with van der Waals surface area (Å²) in [6.07, 6.45) is 9.04. The first kappa shape index (κ1) is 18.0. The highest BCUT2D eigenvalue weighted by molar-refractivity contribution is 5.88. The molecule has 1 aromatic carbocycles. The van der Waals surface area contributed by atoms with Crippen LogP contribution in [0.1, 0.15) is 83.4 Å². The molecule has 2 bridgehead atoms. The van der Waals surface area contributed by atoms with Crippen molar-refractivity contribution in [3.8, 4) is 0 Å². The molecule has 154 valence electrons. The number of aromatic nitrogens is 1. The van der Waals surface area contributed by atoms with E-state index in [2.05, 4.69) is 43.1 Å². The quantitative estimate of drug-likeness (QED) is 0.611. The Morgan fingerprint density at radius 1 is 1.03 bits per heavy atom. The molecular formula is C26H33NO2. The molecule has 1 heterocycles. The molecule has 0 aliphatic heterocycles. The monoisotopic (exact) mass is 391 g/mol. The normalized spacial score (nSPS) is 45.5. The highest BCUT2D eigenvalue weighted by Gasteiger charge is 2.68. The molecule has 4 aliphatic rings. The smallest absolute Gasteiger partial charge is 0.309 e. The lowest BCUT2D eigenvalue weighted by molar-refractivity contribution is -0.175. The molecule has 0 amide bonds. The van der Waals surface area contributed by atoms with Crippen molar-refractivity contribution in [2.75, 3.05) is 0 Å². The van der Waals surface area contributed by atoms with Crippen molar-refractivity contribution in [3.63, 3.8) is 0 Å². The number of fused-ring (bicyclic) bond motifs is 7. The Morgan fingerprint density at radius 3 is 2.59 bits per heavy atom. The molecule has 1 aromatic heterocycles. The largest absolute Gasteiger partial charge is 0.481 e. The van der Waals surface area contributed by atoms with Crippen LogP contribution >= 0.6 is 0 Å². The van der Waals surface area contributed by atoms with Gasteiger partial charge in [0.05, 0.1) is 5.41 Å². The van der Waals surface area contributed by atoms with Gasteiger partial charge in [0, 0.05) is 27.4 Å². The van der Waals surface area contributed by atoms with Crippen LogP contribution in [0.4, 0.5) is 0 Å². The number of para-hydroxylation sites is 1. The first-order valence-corrected chi connectivity index (χ1v) is 11.6. The summed E-state index contributed by atoms with van der Waals surface area (Å²) >= 11 is 0. The number of carboxylic acid groups (broad SMARTS) is 1. The third kappa shape index (κ3) is 1.93. The van der Waals surface area contributed by atoms with Crippen molar-refractivity contribution in [2.24, 2.45) is 22.7 Å². The maximum atomic E-state index is 12.4. The molecule has 29 heavy (non-hydrogen) atoms. The lowest BCUT2D eigenvalue weighted by Gasteiger charge is -2.64. The van der Waals surface area contributed by atoms with E-state index in [1.165, 1.54) is 42.3 Å². The van der Waals surface area contributed by atoms with Crippen molar-refractivity contribution < 1.29 is 9.90 Å². The number of hydrogen-bond donors (Lipinski definition) is 2. The summed E-state index contributed by atoms with van der Waals surface area (Å²) in [5.74, 6) is 0.334. The Balaban J connectivity index is 1.56. The molecule has 3 heteroatoms. The molecule has 1 spiro atoms. The molecule has 3 nitrogen and oxygen atoms in total. The predicted octanol–water partition coefficient (Wildman–Crippen LogP) is 6.17. The number of carbonyl (C=O) groups is 1. The molecule has 2 aromatic rings. The molecule has 6 atom stereocenters. The van der Waals surface area contributed by atoms with Gasteiger partial charge in [-0.2, -0.15) is 0 Å². The molecular weight excluding hydrogens is 358 g/mol. The highest BCUT2D eigenvalue weighted by Crippen LogP contribution is 2.73. The van der Waals surface area contributed by atoms with Crippen LogP contribution in [0.2, 0.25) is 0 Å². The van der Waals surface area contributed by atoms with E-state index in [4.69, 9.17) is 0 Å². The zero-order valence-corrected chi connectivity index (χ0v) is 18.0. The Hall–Kier alpha value is -1.77. The fraction of sp³-hybridized carbons (Fsp3) is 0.654. The maximum Gasteiger partial charge on any atom is 0.309 e. The number of benzene rings is 1. The van der Waals surface area contributed by atoms with Crippen LogP contribution in [0, 0.1) is 22.7 Å². The van der Waals surface area contributed by atoms with E-state index >= 15 is 0 Å². The number of carboxylic acids is 1. The summed E-state index contributed by atoms with van der Waals surface area (Å²) in [5, 5.41) is 11.6. The Bertz CT molecular complexity index is 1040. The molecule has 3 saturated carbocycles. The molecule has 0 unspecified atom stereocenters. The van der Waals surface area contributed by atoms with Crippen LogP contribution in [-0.2, 0) is 15.6 Å². The van der Waals surface area contributed by atoms with Gasteiger partial charge in [-0.1, -0.05) is 38.5 Å². The van der Waals surface area contributed by atoms with Crippen molar-refractivity contribution in [1.82, 2.24) is 4.98 Å². The van der Waals surface area contributed by atoms with Gasteiger partial charge < -0.3 is 10.1 Å². The van der Waals surface area contributed by atoms with Gasteiger partial charge in [0.15, 0.2) is 0 Å². The van der Waals surface area contributed by atoms with Crippen molar-refractivity contribution >= 4 is 16.9 Å². The first-order chi connectivity index (χ1) is 13.7. The van der Waals surface area contributed by atoms with E-state index in [0.717, 1.165) is 25.7 Å². The van der Waals surface area contributed by atoms with Crippen LogP contribution < -0.4 is 0 Å². The van der Waals surface area contributed by atoms with Crippen molar-refractivity contribution in [2.45, 2.75) is 83.0 Å². The summed E-state index contributed by atoms with van der Waals surface area (Å²) in [5.41, 5.74) is 4.44. The average molecular weight is 392 g/mol. The minimum atomic E-state index is -0.566. The lowest BCUT2D eigenvalue weighted by Crippen LogP contribution is -2.60. The van der Waals surface area contributed by atoms with E-state index in [0.29, 0.717) is 11.8 Å². The van der Waals surface area contributed by atoms with Crippen LogP contribution in [-0.4, -0.2) is 16.1 Å². The number of H-pyrrole nitrogens is 1. The second-order valence-corrected chi connectivity index (χ2v) is 11.6. The topological polar surface area (TPSA) is 53.1 Å². The SMILES string of the molecule is C[C@]12CC[C@@H]3[C@](CC[C@H]4[C@@]3(C)CCC[C@@]4(C)C(=O)O)(C1)c1c2[nH]c2ccccc12. The van der Waals surface area contributed by atoms with Gasteiger partial charge in [0.25, 0.3) is 0 Å². The number of aliphatic carboxylic acids is 1. The standard InChI is InChI=1S/C26H33NO2/c1-23-13-9-19-24(2)11-6-12-25(3,22(28)29)18(24)10-14-26(19,15-23)20-16-7-4-5-8-17(16)27-21(20)23/h4-5,7-8,18-19,27H,6,9-15H2,1-3H3,(H,28,29)/t18-,19-,23-,24+,25+,26-/m0/s1. The number of aromatic amines is 1. The minimum Gasteiger partial charge on any atom is -0.481 e. The van der Waals surface area contributed by atoms with Crippen molar-refractivity contribution in [3.05, 3.63) is 35.5 Å². The average Bonchev–Trinajstić information content (AvgIpc) is 3.15. The Labute approximate surface area is 173 Å². The summed E-state index contributed by atoms with van der Waals surface area (Å²) in [4.78, 5) is 16.2. The molecule has 0 saturated heterocycles. The molecule has 2 N–H and O–H groups in total. The van der Waals surface area contributed by atoms with Gasteiger partial charge >= 0.3 is 5.97 Å². The number of nitrogens with one attached hydrogen (secondary N) is 1. The summed E-state index contributed by atoms with van der Waals surface area (Å²) in [6, 6.07) is 8.87. The molecule has 3 fully saturated rings. The maximum absolute atomic E-state index is 12.4. The van der Waals surface area contributed by atoms with E-state index in [9.17, 15) is 9.90 Å². The predicted molar refractivity (Wildman–Crippen MR) is 115 cm³/mol. The zero-order chi connectivity index (χ0) is 20.2. The van der Waals surface area contributed by atoms with E-state index in [-0.39, 0.29) is 16.2 Å². The summed E-state index contributed by atoms with van der Waals surface area (Å²) in [6.45, 7) is 7.00. The highest BCUT2D eigenvalue weighted by atomic mass is 16.4. The number of hydrogen-bond acceptors (Lipinski definition) is 1.